The summed E-state index contributed by atoms with van der Waals surface area (Å²) in [7, 11) is 0. The standard InChI is InChI=1S/C21H26O3/c1-6-21(5,16-10-8-7-9-11-16)17-12-13-18(24-14(2)3)19(15(17)4)20(22)23/h7-14H,6H2,1-5H3,(H,22,23). The number of rotatable bonds is 6. The maximum Gasteiger partial charge on any atom is 0.339 e. The van der Waals surface area contributed by atoms with Crippen LogP contribution in [0.15, 0.2) is 42.5 Å². The Morgan fingerprint density at radius 2 is 1.79 bits per heavy atom. The fourth-order valence-electron chi connectivity index (χ4n) is 3.26. The van der Waals surface area contributed by atoms with E-state index in [0.717, 1.165) is 17.5 Å². The summed E-state index contributed by atoms with van der Waals surface area (Å²) in [5.74, 6) is -0.512. The molecule has 2 aromatic carbocycles. The Balaban J connectivity index is 2.66. The van der Waals surface area contributed by atoms with Crippen molar-refractivity contribution >= 4 is 5.97 Å². The highest BCUT2D eigenvalue weighted by atomic mass is 16.5. The van der Waals surface area contributed by atoms with Crippen molar-refractivity contribution in [1.82, 2.24) is 0 Å². The van der Waals surface area contributed by atoms with Crippen LogP contribution >= 0.6 is 0 Å². The van der Waals surface area contributed by atoms with E-state index < -0.39 is 5.97 Å². The van der Waals surface area contributed by atoms with E-state index in [1.807, 2.05) is 45.0 Å². The minimum Gasteiger partial charge on any atom is -0.490 e. The van der Waals surface area contributed by atoms with Gasteiger partial charge in [0.15, 0.2) is 0 Å². The van der Waals surface area contributed by atoms with Gasteiger partial charge in [-0.1, -0.05) is 50.2 Å². The third-order valence-corrected chi connectivity index (χ3v) is 4.72. The van der Waals surface area contributed by atoms with Gasteiger partial charge in [-0.15, -0.1) is 0 Å². The molecule has 2 rings (SSSR count). The van der Waals surface area contributed by atoms with E-state index in [-0.39, 0.29) is 17.1 Å². The molecule has 0 aliphatic heterocycles. The van der Waals surface area contributed by atoms with Crippen molar-refractivity contribution in [1.29, 1.82) is 0 Å². The Kier molecular flexibility index (Phi) is 5.33. The first kappa shape index (κ1) is 18.1. The summed E-state index contributed by atoms with van der Waals surface area (Å²) in [6.07, 6.45) is 0.807. The van der Waals surface area contributed by atoms with E-state index in [0.29, 0.717) is 5.75 Å². The summed E-state index contributed by atoms with van der Waals surface area (Å²) < 4.78 is 5.71. The summed E-state index contributed by atoms with van der Waals surface area (Å²) in [6, 6.07) is 14.0. The Bertz CT molecular complexity index is 719. The molecule has 1 atom stereocenters. The van der Waals surface area contributed by atoms with Crippen LogP contribution in [0.5, 0.6) is 5.75 Å². The molecule has 3 nitrogen and oxygen atoms in total. The lowest BCUT2D eigenvalue weighted by atomic mass is 9.72. The zero-order chi connectivity index (χ0) is 17.9. The van der Waals surface area contributed by atoms with Gasteiger partial charge in [-0.25, -0.2) is 4.79 Å². The summed E-state index contributed by atoms with van der Waals surface area (Å²) >= 11 is 0. The second-order valence-corrected chi connectivity index (χ2v) is 6.63. The van der Waals surface area contributed by atoms with E-state index in [1.54, 1.807) is 6.07 Å². The lowest BCUT2D eigenvalue weighted by Crippen LogP contribution is -2.25. The first-order valence-electron chi connectivity index (χ1n) is 8.40. The summed E-state index contributed by atoms with van der Waals surface area (Å²) in [5.41, 5.74) is 3.01. The van der Waals surface area contributed by atoms with E-state index in [1.165, 1.54) is 5.56 Å². The minimum absolute atomic E-state index is 0.0694. The van der Waals surface area contributed by atoms with Crippen LogP contribution in [0.2, 0.25) is 0 Å². The van der Waals surface area contributed by atoms with Gasteiger partial charge in [-0.05, 0) is 49.9 Å². The maximum atomic E-state index is 11.8. The predicted molar refractivity (Wildman–Crippen MR) is 97.1 cm³/mol. The molecule has 1 unspecified atom stereocenters. The van der Waals surface area contributed by atoms with Gasteiger partial charge in [0.25, 0.3) is 0 Å². The number of aromatic carboxylic acids is 1. The highest BCUT2D eigenvalue weighted by molar-refractivity contribution is 5.93. The Morgan fingerprint density at radius 1 is 1.17 bits per heavy atom. The maximum absolute atomic E-state index is 11.8. The van der Waals surface area contributed by atoms with Crippen LogP contribution in [0.4, 0.5) is 0 Å². The van der Waals surface area contributed by atoms with E-state index in [4.69, 9.17) is 4.74 Å². The molecule has 0 bridgehead atoms. The predicted octanol–water partition coefficient (Wildman–Crippen LogP) is 5.20. The quantitative estimate of drug-likeness (QED) is 0.794. The van der Waals surface area contributed by atoms with Crippen molar-refractivity contribution < 1.29 is 14.6 Å². The number of carbonyl (C=O) groups is 1. The first-order chi connectivity index (χ1) is 11.3. The second kappa shape index (κ2) is 7.08. The Morgan fingerprint density at radius 3 is 2.29 bits per heavy atom. The molecule has 0 radical (unpaired) electrons. The molecule has 2 aromatic rings. The molecule has 0 heterocycles. The van der Waals surface area contributed by atoms with E-state index in [9.17, 15) is 9.90 Å². The average Bonchev–Trinajstić information content (AvgIpc) is 2.54. The highest BCUT2D eigenvalue weighted by Crippen LogP contribution is 2.40. The van der Waals surface area contributed by atoms with Crippen LogP contribution in [-0.2, 0) is 5.41 Å². The van der Waals surface area contributed by atoms with Gasteiger partial charge in [0.05, 0.1) is 6.10 Å². The van der Waals surface area contributed by atoms with Gasteiger partial charge >= 0.3 is 5.97 Å². The fraction of sp³-hybridized carbons (Fsp3) is 0.381. The lowest BCUT2D eigenvalue weighted by Gasteiger charge is -2.32. The molecule has 0 saturated carbocycles. The van der Waals surface area contributed by atoms with Crippen LogP contribution in [0, 0.1) is 6.92 Å². The van der Waals surface area contributed by atoms with E-state index >= 15 is 0 Å². The fourth-order valence-corrected chi connectivity index (χ4v) is 3.26. The molecule has 1 N–H and O–H groups in total. The van der Waals surface area contributed by atoms with Crippen LogP contribution in [0.25, 0.3) is 0 Å². The molecule has 128 valence electrons. The Labute approximate surface area is 144 Å². The zero-order valence-corrected chi connectivity index (χ0v) is 15.1. The van der Waals surface area contributed by atoms with Gasteiger partial charge in [-0.2, -0.15) is 0 Å². The van der Waals surface area contributed by atoms with Crippen LogP contribution in [0.3, 0.4) is 0 Å². The summed E-state index contributed by atoms with van der Waals surface area (Å²) in [6.45, 7) is 9.97. The highest BCUT2D eigenvalue weighted by Gasteiger charge is 2.31. The van der Waals surface area contributed by atoms with Crippen molar-refractivity contribution in [2.24, 2.45) is 0 Å². The SMILES string of the molecule is CCC(C)(c1ccccc1)c1ccc(OC(C)C)c(C(=O)O)c1C. The molecule has 0 aliphatic rings. The lowest BCUT2D eigenvalue weighted by molar-refractivity contribution is 0.0689. The molecule has 0 saturated heterocycles. The van der Waals surface area contributed by atoms with Crippen LogP contribution in [-0.4, -0.2) is 17.2 Å². The average molecular weight is 326 g/mol. The molecule has 24 heavy (non-hydrogen) atoms. The van der Waals surface area contributed by atoms with Gasteiger partial charge < -0.3 is 9.84 Å². The molecule has 0 aromatic heterocycles. The van der Waals surface area contributed by atoms with Crippen molar-refractivity contribution in [2.75, 3.05) is 0 Å². The molecule has 0 aliphatic carbocycles. The summed E-state index contributed by atoms with van der Waals surface area (Å²) in [5, 5.41) is 9.71. The molecule has 0 spiro atoms. The van der Waals surface area contributed by atoms with Crippen molar-refractivity contribution in [3.8, 4) is 5.75 Å². The third-order valence-electron chi connectivity index (χ3n) is 4.72. The molecular weight excluding hydrogens is 300 g/mol. The first-order valence-corrected chi connectivity index (χ1v) is 8.40. The number of carboxylic acid groups (broad SMARTS) is 1. The topological polar surface area (TPSA) is 46.5 Å². The van der Waals surface area contributed by atoms with Gasteiger partial charge in [0.2, 0.25) is 0 Å². The smallest absolute Gasteiger partial charge is 0.339 e. The van der Waals surface area contributed by atoms with Gasteiger partial charge in [-0.3, -0.25) is 0 Å². The second-order valence-electron chi connectivity index (χ2n) is 6.63. The van der Waals surface area contributed by atoms with Gasteiger partial charge in [0.1, 0.15) is 11.3 Å². The van der Waals surface area contributed by atoms with Crippen molar-refractivity contribution in [3.63, 3.8) is 0 Å². The number of hydrogen-bond acceptors (Lipinski definition) is 2. The van der Waals surface area contributed by atoms with Gasteiger partial charge in [0, 0.05) is 5.41 Å². The van der Waals surface area contributed by atoms with Crippen molar-refractivity contribution in [2.45, 2.75) is 52.6 Å². The van der Waals surface area contributed by atoms with Crippen molar-refractivity contribution in [3.05, 3.63) is 64.7 Å². The Hall–Kier alpha value is -2.29. The number of hydrogen-bond donors (Lipinski definition) is 1. The zero-order valence-electron chi connectivity index (χ0n) is 15.1. The minimum atomic E-state index is -0.948. The normalized spacial score (nSPS) is 13.6. The number of ether oxygens (including phenoxy) is 1. The molecular formula is C21H26O3. The molecule has 0 amide bonds. The molecule has 3 heteroatoms. The van der Waals surface area contributed by atoms with E-state index in [2.05, 4.69) is 26.0 Å². The van der Waals surface area contributed by atoms with Crippen LogP contribution < -0.4 is 4.74 Å². The molecule has 0 fully saturated rings. The largest absolute Gasteiger partial charge is 0.490 e. The monoisotopic (exact) mass is 326 g/mol. The van der Waals surface area contributed by atoms with Crippen LogP contribution in [0.1, 0.15) is 61.2 Å². The number of benzene rings is 2. The number of carboxylic acids is 1. The summed E-state index contributed by atoms with van der Waals surface area (Å²) in [4.78, 5) is 11.8. The third kappa shape index (κ3) is 3.30.